The van der Waals surface area contributed by atoms with Crippen LogP contribution in [0.15, 0.2) is 23.6 Å². The molecule has 0 radical (unpaired) electrons. The molecule has 0 bridgehead atoms. The van der Waals surface area contributed by atoms with Gasteiger partial charge in [0.1, 0.15) is 11.9 Å². The van der Waals surface area contributed by atoms with E-state index in [1.54, 1.807) is 0 Å². The van der Waals surface area contributed by atoms with Gasteiger partial charge in [-0.2, -0.15) is 0 Å². The minimum atomic E-state index is -2.57. The molecular formula is C29H36F2N2O14. The van der Waals surface area contributed by atoms with Crippen LogP contribution in [-0.2, 0) is 38.3 Å². The SMILES string of the molecule is C[C@]12C=CC(=O)CC1=C(F)CC1C3C[C@@H](O)[C@](OC(=O)CCCO[N+](=O)[O-])(C(=O)COC(=O)CCCO[N+](=O)[O-])[C@@]3(C)C[C@H](O)[C@@]12F. The van der Waals surface area contributed by atoms with Gasteiger partial charge < -0.3 is 29.4 Å². The molecule has 47 heavy (non-hydrogen) atoms. The molecule has 0 spiro atoms. The number of nitrogens with zero attached hydrogens (tertiary/aromatic N) is 2. The van der Waals surface area contributed by atoms with Crippen molar-refractivity contribution in [3.63, 3.8) is 0 Å². The van der Waals surface area contributed by atoms with Gasteiger partial charge in [-0.05, 0) is 50.2 Å². The average molecular weight is 675 g/mol. The second kappa shape index (κ2) is 13.2. The number of rotatable bonds is 14. The molecule has 2 saturated carbocycles. The van der Waals surface area contributed by atoms with Crippen LogP contribution in [0.25, 0.3) is 0 Å². The smallest absolute Gasteiger partial charge is 0.306 e. The van der Waals surface area contributed by atoms with Crippen LogP contribution in [0.4, 0.5) is 8.78 Å². The lowest BCUT2D eigenvalue weighted by Crippen LogP contribution is -2.70. The molecule has 8 atom stereocenters. The normalized spacial score (nSPS) is 35.7. The Morgan fingerprint density at radius 2 is 1.60 bits per heavy atom. The Balaban J connectivity index is 1.67. The Labute approximate surface area is 266 Å². The maximum atomic E-state index is 17.5. The Morgan fingerprint density at radius 1 is 1.00 bits per heavy atom. The van der Waals surface area contributed by atoms with Gasteiger partial charge in [-0.3, -0.25) is 19.2 Å². The third kappa shape index (κ3) is 6.08. The number of Topliss-reactive ketones (excluding diaryl/α,β-unsaturated/α-hetero) is 1. The first kappa shape index (κ1) is 35.8. The van der Waals surface area contributed by atoms with E-state index in [1.807, 2.05) is 0 Å². The van der Waals surface area contributed by atoms with Crippen molar-refractivity contribution in [1.29, 1.82) is 0 Å². The first-order valence-corrected chi connectivity index (χ1v) is 15.0. The summed E-state index contributed by atoms with van der Waals surface area (Å²) in [6.07, 6.45) is -4.67. The summed E-state index contributed by atoms with van der Waals surface area (Å²) >= 11 is 0. The summed E-state index contributed by atoms with van der Waals surface area (Å²) in [5.41, 5.74) is -8.73. The van der Waals surface area contributed by atoms with Gasteiger partial charge in [0.05, 0.1) is 19.3 Å². The van der Waals surface area contributed by atoms with Crippen LogP contribution >= 0.6 is 0 Å². The molecule has 0 aromatic rings. The van der Waals surface area contributed by atoms with Crippen molar-refractivity contribution in [2.24, 2.45) is 22.7 Å². The lowest BCUT2D eigenvalue weighted by atomic mass is 9.45. The lowest BCUT2D eigenvalue weighted by Gasteiger charge is -2.62. The second-order valence-electron chi connectivity index (χ2n) is 12.8. The number of allylic oxidation sites excluding steroid dienone is 4. The minimum absolute atomic E-state index is 0.105. The number of fused-ring (bicyclic) bond motifs is 5. The molecule has 2 N–H and O–H groups in total. The molecule has 0 aromatic carbocycles. The van der Waals surface area contributed by atoms with Crippen LogP contribution in [-0.4, -0.2) is 87.2 Å². The highest BCUT2D eigenvalue weighted by atomic mass is 19.1. The van der Waals surface area contributed by atoms with Gasteiger partial charge in [0, 0.05) is 42.4 Å². The van der Waals surface area contributed by atoms with E-state index in [1.165, 1.54) is 19.9 Å². The molecule has 0 amide bonds. The minimum Gasteiger partial charge on any atom is -0.457 e. The lowest BCUT2D eigenvalue weighted by molar-refractivity contribution is -0.757. The van der Waals surface area contributed by atoms with E-state index in [0.29, 0.717) is 0 Å². The van der Waals surface area contributed by atoms with Crippen LogP contribution in [0.1, 0.15) is 65.2 Å². The van der Waals surface area contributed by atoms with Gasteiger partial charge in [0.25, 0.3) is 10.2 Å². The Kier molecular flexibility index (Phi) is 10.1. The van der Waals surface area contributed by atoms with E-state index in [0.717, 1.165) is 6.08 Å². The molecule has 0 heterocycles. The zero-order chi connectivity index (χ0) is 34.9. The molecule has 18 heteroatoms. The Morgan fingerprint density at radius 3 is 2.19 bits per heavy atom. The summed E-state index contributed by atoms with van der Waals surface area (Å²) < 4.78 is 44.0. The summed E-state index contributed by atoms with van der Waals surface area (Å²) in [6.45, 7) is 0.755. The predicted octanol–water partition coefficient (Wildman–Crippen LogP) is 2.00. The molecule has 0 saturated heterocycles. The van der Waals surface area contributed by atoms with E-state index in [-0.39, 0.29) is 18.4 Å². The highest BCUT2D eigenvalue weighted by Crippen LogP contribution is 2.70. The molecular weight excluding hydrogens is 638 g/mol. The number of hydrogen-bond acceptors (Lipinski definition) is 14. The van der Waals surface area contributed by atoms with Gasteiger partial charge >= 0.3 is 11.9 Å². The number of aliphatic hydroxyl groups excluding tert-OH is 2. The standard InChI is InChI=1S/C29H36F2N2O14/c1-26-8-7-16(34)11-19(26)20(30)12-18-17-13-21(35)29(27(17,2)14-22(36)28(18,26)31,47-25(39)6-4-10-46-33(42)43)23(37)15-44-24(38)5-3-9-45-32(40)41/h7-8,17-18,21-22,35-36H,3-6,9-15H2,1-2H3/t17?,18?,21-,22+,26+,27+,28+,29+/m1/s1. The van der Waals surface area contributed by atoms with E-state index in [9.17, 15) is 49.6 Å². The zero-order valence-corrected chi connectivity index (χ0v) is 25.7. The first-order valence-electron chi connectivity index (χ1n) is 15.0. The van der Waals surface area contributed by atoms with Crippen molar-refractivity contribution in [2.45, 2.75) is 88.7 Å². The summed E-state index contributed by atoms with van der Waals surface area (Å²) in [4.78, 5) is 80.6. The van der Waals surface area contributed by atoms with Crippen molar-refractivity contribution < 1.29 is 67.5 Å². The number of alkyl halides is 1. The number of ether oxygens (including phenoxy) is 2. The molecule has 4 aliphatic carbocycles. The molecule has 4 rings (SSSR count). The maximum Gasteiger partial charge on any atom is 0.306 e. The van der Waals surface area contributed by atoms with Gasteiger partial charge in [0.2, 0.25) is 11.4 Å². The summed E-state index contributed by atoms with van der Waals surface area (Å²) in [5, 5.41) is 41.8. The van der Waals surface area contributed by atoms with Crippen LogP contribution in [0.5, 0.6) is 0 Å². The van der Waals surface area contributed by atoms with Crippen LogP contribution < -0.4 is 0 Å². The van der Waals surface area contributed by atoms with E-state index < -0.39 is 144 Å². The molecule has 0 aliphatic heterocycles. The second-order valence-corrected chi connectivity index (χ2v) is 12.8. The third-order valence-corrected chi connectivity index (χ3v) is 10.3. The van der Waals surface area contributed by atoms with Crippen molar-refractivity contribution >= 4 is 23.5 Å². The molecule has 2 unspecified atom stereocenters. The Hall–Kier alpha value is -4.06. The molecule has 16 nitrogen and oxygen atoms in total. The maximum absolute atomic E-state index is 17.5. The largest absolute Gasteiger partial charge is 0.457 e. The van der Waals surface area contributed by atoms with Crippen LogP contribution in [0.2, 0.25) is 0 Å². The van der Waals surface area contributed by atoms with Gasteiger partial charge in [-0.1, -0.05) is 13.0 Å². The number of carbonyl (C=O) groups is 4. The van der Waals surface area contributed by atoms with Gasteiger partial charge in [-0.25, -0.2) is 8.78 Å². The Bertz CT molecular complexity index is 1400. The van der Waals surface area contributed by atoms with Crippen LogP contribution in [0.3, 0.4) is 0 Å². The summed E-state index contributed by atoms with van der Waals surface area (Å²) in [5.74, 6) is -6.90. The van der Waals surface area contributed by atoms with Crippen molar-refractivity contribution in [3.05, 3.63) is 43.8 Å². The van der Waals surface area contributed by atoms with Gasteiger partial charge in [0.15, 0.2) is 18.1 Å². The monoisotopic (exact) mass is 674 g/mol. The number of carbonyl (C=O) groups excluding carboxylic acids is 4. The number of aliphatic hydroxyl groups is 2. The molecule has 2 fully saturated rings. The summed E-state index contributed by atoms with van der Waals surface area (Å²) in [7, 11) is 0. The average Bonchev–Trinajstić information content (AvgIpc) is 3.20. The summed E-state index contributed by atoms with van der Waals surface area (Å²) in [6, 6.07) is 0. The number of esters is 2. The zero-order valence-electron chi connectivity index (χ0n) is 25.7. The number of halogens is 2. The van der Waals surface area contributed by atoms with Gasteiger partial charge in [-0.15, -0.1) is 20.2 Å². The predicted molar refractivity (Wildman–Crippen MR) is 149 cm³/mol. The number of hydrogen-bond donors (Lipinski definition) is 2. The topological polar surface area (TPSA) is 232 Å². The molecule has 4 aliphatic rings. The fourth-order valence-electron chi connectivity index (χ4n) is 8.19. The highest BCUT2D eigenvalue weighted by molar-refractivity contribution is 5.95. The van der Waals surface area contributed by atoms with Crippen molar-refractivity contribution in [1.82, 2.24) is 0 Å². The molecule has 0 aromatic heterocycles. The molecule has 260 valence electrons. The van der Waals surface area contributed by atoms with E-state index in [4.69, 9.17) is 9.47 Å². The first-order chi connectivity index (χ1) is 21.9. The van der Waals surface area contributed by atoms with Crippen LogP contribution in [0, 0.1) is 42.9 Å². The fourth-order valence-corrected chi connectivity index (χ4v) is 8.19. The van der Waals surface area contributed by atoms with Crippen molar-refractivity contribution in [3.8, 4) is 0 Å². The number of ketones is 2. The quantitative estimate of drug-likeness (QED) is 0.116. The van der Waals surface area contributed by atoms with Crippen molar-refractivity contribution in [2.75, 3.05) is 19.8 Å². The van der Waals surface area contributed by atoms with E-state index in [2.05, 4.69) is 9.68 Å². The van der Waals surface area contributed by atoms with E-state index >= 15 is 8.78 Å². The third-order valence-electron chi connectivity index (χ3n) is 10.3. The highest BCUT2D eigenvalue weighted by Gasteiger charge is 2.78. The fraction of sp³-hybridized carbons (Fsp3) is 0.724.